The van der Waals surface area contributed by atoms with Crippen molar-refractivity contribution in [3.05, 3.63) is 12.2 Å². The minimum absolute atomic E-state index is 0.689. The Labute approximate surface area is 128 Å². The average Bonchev–Trinajstić information content (AvgIpc) is 2.84. The molecule has 3 aliphatic heterocycles. The highest BCUT2D eigenvalue weighted by Gasteiger charge is 2.86. The molecule has 0 N–H and O–H groups in total. The zero-order valence-corrected chi connectivity index (χ0v) is 13.3. The second-order valence-electron chi connectivity index (χ2n) is 10.4. The summed E-state index contributed by atoms with van der Waals surface area (Å²) in [6.45, 7) is 8.63. The Morgan fingerprint density at radius 1 is 1.24 bits per heavy atom. The third-order valence-corrected chi connectivity index (χ3v) is 10.2. The summed E-state index contributed by atoms with van der Waals surface area (Å²) in [5.74, 6) is 4.15. The molecule has 6 aliphatic carbocycles. The van der Waals surface area contributed by atoms with Gasteiger partial charge in [-0.3, -0.25) is 4.90 Å². The van der Waals surface area contributed by atoms with Gasteiger partial charge in [0, 0.05) is 18.6 Å². The summed E-state index contributed by atoms with van der Waals surface area (Å²) < 4.78 is 0. The lowest BCUT2D eigenvalue weighted by atomic mass is 9.41. The van der Waals surface area contributed by atoms with Crippen molar-refractivity contribution in [1.29, 1.82) is 0 Å². The van der Waals surface area contributed by atoms with Gasteiger partial charge in [0.25, 0.3) is 0 Å². The van der Waals surface area contributed by atoms with Crippen molar-refractivity contribution < 1.29 is 0 Å². The summed E-state index contributed by atoms with van der Waals surface area (Å²) in [5, 5.41) is 0. The van der Waals surface area contributed by atoms with E-state index in [4.69, 9.17) is 0 Å². The van der Waals surface area contributed by atoms with Gasteiger partial charge < -0.3 is 0 Å². The van der Waals surface area contributed by atoms with Crippen LogP contribution in [-0.4, -0.2) is 23.5 Å². The quantitative estimate of drug-likeness (QED) is 0.610. The molecule has 21 heavy (non-hydrogen) atoms. The van der Waals surface area contributed by atoms with Crippen LogP contribution in [0.2, 0.25) is 0 Å². The van der Waals surface area contributed by atoms with E-state index in [0.29, 0.717) is 5.41 Å². The largest absolute Gasteiger partial charge is 0.296 e. The Kier molecular flexibility index (Phi) is 1.50. The Bertz CT molecular complexity index is 609. The fourth-order valence-electron chi connectivity index (χ4n) is 10.4. The van der Waals surface area contributed by atoms with E-state index in [0.717, 1.165) is 46.6 Å². The molecule has 0 aromatic carbocycles. The van der Waals surface area contributed by atoms with Gasteiger partial charge in [-0.05, 0) is 78.4 Å². The zero-order chi connectivity index (χ0) is 13.8. The van der Waals surface area contributed by atoms with Crippen molar-refractivity contribution in [2.75, 3.05) is 6.54 Å². The van der Waals surface area contributed by atoms with E-state index in [9.17, 15) is 0 Å². The van der Waals surface area contributed by atoms with Crippen LogP contribution in [-0.2, 0) is 0 Å². The molecule has 1 nitrogen and oxygen atoms in total. The maximum absolute atomic E-state index is 4.51. The summed E-state index contributed by atoms with van der Waals surface area (Å²) >= 11 is 0. The topological polar surface area (TPSA) is 3.24 Å². The van der Waals surface area contributed by atoms with Crippen molar-refractivity contribution in [2.24, 2.45) is 39.9 Å². The second kappa shape index (κ2) is 2.79. The fraction of sp³-hybridized carbons (Fsp3) is 0.900. The lowest BCUT2D eigenvalue weighted by molar-refractivity contribution is -0.115. The lowest BCUT2D eigenvalue weighted by Crippen LogP contribution is -2.58. The Morgan fingerprint density at radius 2 is 2.14 bits per heavy atom. The van der Waals surface area contributed by atoms with E-state index in [1.54, 1.807) is 24.8 Å². The van der Waals surface area contributed by atoms with Crippen LogP contribution in [0, 0.1) is 39.9 Å². The standard InChI is InChI=1S/C20H27N/c1-11-8-19-9-14-16-18(2)4-3-5-20(16)15(19)7-12(11)6-13(19)17(20)21(14)10-18/h12-17H,1,3-10H2,2H3/t12-,13-,14?,15?,16?,17?,18-,19?,20+/m0/s1. The molecule has 112 valence electrons. The second-order valence-corrected chi connectivity index (χ2v) is 10.4. The molecule has 0 radical (unpaired) electrons. The first-order chi connectivity index (χ1) is 10.1. The molecule has 2 spiro atoms. The molecule has 9 rings (SSSR count). The van der Waals surface area contributed by atoms with E-state index in [2.05, 4.69) is 18.4 Å². The van der Waals surface area contributed by atoms with Gasteiger partial charge in [0.2, 0.25) is 0 Å². The third-order valence-electron chi connectivity index (χ3n) is 10.2. The van der Waals surface area contributed by atoms with Crippen molar-refractivity contribution in [3.63, 3.8) is 0 Å². The maximum atomic E-state index is 4.51. The fourth-order valence-corrected chi connectivity index (χ4v) is 10.4. The van der Waals surface area contributed by atoms with Crippen molar-refractivity contribution in [1.82, 2.24) is 4.90 Å². The molecule has 9 aliphatic rings. The highest BCUT2D eigenvalue weighted by atomic mass is 15.3. The van der Waals surface area contributed by atoms with Crippen molar-refractivity contribution in [2.45, 2.75) is 64.0 Å². The number of nitrogens with zero attached hydrogens (tertiary/aromatic N) is 1. The Morgan fingerprint density at radius 3 is 3.05 bits per heavy atom. The third kappa shape index (κ3) is 0.821. The molecule has 0 aromatic rings. The molecule has 6 saturated carbocycles. The number of allylic oxidation sites excluding steroid dienone is 1. The van der Waals surface area contributed by atoms with Crippen LogP contribution in [0.15, 0.2) is 12.2 Å². The highest BCUT2D eigenvalue weighted by Crippen LogP contribution is 2.87. The van der Waals surface area contributed by atoms with Crippen LogP contribution in [0.1, 0.15) is 51.9 Å². The lowest BCUT2D eigenvalue weighted by Gasteiger charge is -2.63. The van der Waals surface area contributed by atoms with Gasteiger partial charge >= 0.3 is 0 Å². The predicted molar refractivity (Wildman–Crippen MR) is 82.7 cm³/mol. The minimum Gasteiger partial charge on any atom is -0.296 e. The first kappa shape index (κ1) is 11.3. The number of hydrogen-bond acceptors (Lipinski definition) is 1. The molecule has 0 aromatic heterocycles. The normalized spacial score (nSPS) is 74.5. The van der Waals surface area contributed by atoms with Gasteiger partial charge in [0.15, 0.2) is 0 Å². The number of hydrogen-bond donors (Lipinski definition) is 0. The smallest absolute Gasteiger partial charge is 0.0195 e. The summed E-state index contributed by atoms with van der Waals surface area (Å²) in [6.07, 6.45) is 10.7. The van der Waals surface area contributed by atoms with Crippen LogP contribution in [0.5, 0.6) is 0 Å². The van der Waals surface area contributed by atoms with E-state index in [-0.39, 0.29) is 0 Å². The molecule has 10 atom stereocenters. The first-order valence-corrected chi connectivity index (χ1v) is 9.54. The highest BCUT2D eigenvalue weighted by molar-refractivity contribution is 5.39. The van der Waals surface area contributed by atoms with Gasteiger partial charge in [0.05, 0.1) is 0 Å². The predicted octanol–water partition coefficient (Wildman–Crippen LogP) is 3.85. The SMILES string of the molecule is C=C1CC23CC4C5[C@@]6(C)CCC[C@]57C([C@@H]2C[C@H]1CC37)N4C6. The number of fused-ring (bicyclic) bond motifs is 1. The van der Waals surface area contributed by atoms with Crippen LogP contribution >= 0.6 is 0 Å². The molecule has 1 heteroatoms. The Hall–Kier alpha value is -0.300. The van der Waals surface area contributed by atoms with Crippen LogP contribution < -0.4 is 0 Å². The minimum atomic E-state index is 0.689. The van der Waals surface area contributed by atoms with Gasteiger partial charge in [-0.25, -0.2) is 0 Å². The zero-order valence-electron chi connectivity index (χ0n) is 13.3. The molecule has 3 heterocycles. The monoisotopic (exact) mass is 281 g/mol. The summed E-state index contributed by atoms with van der Waals surface area (Å²) in [7, 11) is 0. The van der Waals surface area contributed by atoms with Crippen molar-refractivity contribution in [3.8, 4) is 0 Å². The summed E-state index contributed by atoms with van der Waals surface area (Å²) in [6, 6.07) is 1.99. The Balaban J connectivity index is 1.53. The molecule has 3 saturated heterocycles. The van der Waals surface area contributed by atoms with Gasteiger partial charge in [0.1, 0.15) is 0 Å². The molecule has 6 unspecified atom stereocenters. The van der Waals surface area contributed by atoms with Crippen molar-refractivity contribution >= 4 is 0 Å². The van der Waals surface area contributed by atoms with E-state index in [1.165, 1.54) is 32.2 Å². The molecule has 9 fully saturated rings. The van der Waals surface area contributed by atoms with Crippen LogP contribution in [0.4, 0.5) is 0 Å². The van der Waals surface area contributed by atoms with Crippen LogP contribution in [0.3, 0.4) is 0 Å². The van der Waals surface area contributed by atoms with E-state index < -0.39 is 0 Å². The van der Waals surface area contributed by atoms with E-state index >= 15 is 0 Å². The molecule has 0 amide bonds. The van der Waals surface area contributed by atoms with Crippen LogP contribution in [0.25, 0.3) is 0 Å². The molecular formula is C20H27N. The summed E-state index contributed by atoms with van der Waals surface area (Å²) in [5.41, 5.74) is 3.85. The number of piperidine rings is 2. The van der Waals surface area contributed by atoms with Gasteiger partial charge in [-0.1, -0.05) is 25.5 Å². The van der Waals surface area contributed by atoms with Gasteiger partial charge in [-0.2, -0.15) is 0 Å². The average molecular weight is 281 g/mol. The van der Waals surface area contributed by atoms with Gasteiger partial charge in [-0.15, -0.1) is 0 Å². The molecule has 9 bridgehead atoms. The first-order valence-electron chi connectivity index (χ1n) is 9.54. The summed E-state index contributed by atoms with van der Waals surface area (Å²) in [4.78, 5) is 3.09. The number of rotatable bonds is 0. The van der Waals surface area contributed by atoms with E-state index in [1.807, 2.05) is 0 Å². The maximum Gasteiger partial charge on any atom is 0.0195 e. The molecular weight excluding hydrogens is 254 g/mol.